The van der Waals surface area contributed by atoms with Crippen LogP contribution in [-0.4, -0.2) is 47.4 Å². The van der Waals surface area contributed by atoms with Gasteiger partial charge in [0.1, 0.15) is 6.54 Å². The Kier molecular flexibility index (Phi) is 8.25. The number of carbonyl (C=O) groups is 3. The third-order valence-electron chi connectivity index (χ3n) is 3.44. The highest BCUT2D eigenvalue weighted by Gasteiger charge is 2.22. The number of nitrogens with one attached hydrogen (secondary N) is 1. The lowest BCUT2D eigenvalue weighted by molar-refractivity contribution is -0.141. The van der Waals surface area contributed by atoms with E-state index in [9.17, 15) is 14.4 Å². The smallest absolute Gasteiger partial charge is 0.305 e. The highest BCUT2D eigenvalue weighted by Crippen LogP contribution is 2.12. The number of esters is 1. The average molecular weight is 341 g/mol. The van der Waals surface area contributed by atoms with Crippen molar-refractivity contribution >= 4 is 34.3 Å². The molecule has 23 heavy (non-hydrogen) atoms. The van der Waals surface area contributed by atoms with Crippen molar-refractivity contribution in [2.24, 2.45) is 0 Å². The van der Waals surface area contributed by atoms with Gasteiger partial charge in [-0.1, -0.05) is 6.92 Å². The van der Waals surface area contributed by atoms with Crippen molar-refractivity contribution in [1.82, 2.24) is 9.88 Å². The van der Waals surface area contributed by atoms with Crippen molar-refractivity contribution in [1.29, 1.82) is 0 Å². The molecule has 1 atom stereocenters. The number of hydrogen-bond donors (Lipinski definition) is 1. The zero-order valence-corrected chi connectivity index (χ0v) is 14.5. The first-order valence-corrected chi connectivity index (χ1v) is 8.41. The fourth-order valence-electron chi connectivity index (χ4n) is 1.94. The Bertz CT molecular complexity index is 519. The van der Waals surface area contributed by atoms with Crippen LogP contribution < -0.4 is 5.32 Å². The molecule has 8 heteroatoms. The van der Waals surface area contributed by atoms with Gasteiger partial charge in [0.15, 0.2) is 5.13 Å². The molecule has 0 aliphatic heterocycles. The highest BCUT2D eigenvalue weighted by atomic mass is 32.1. The highest BCUT2D eigenvalue weighted by molar-refractivity contribution is 7.13. The monoisotopic (exact) mass is 341 g/mol. The SMILES string of the molecule is CCC(C)N(CC(=O)Nc1nccs1)C(=O)CCCC(=O)OC. The molecule has 1 heterocycles. The summed E-state index contributed by atoms with van der Waals surface area (Å²) in [4.78, 5) is 41.0. The van der Waals surface area contributed by atoms with E-state index in [0.29, 0.717) is 11.6 Å². The Labute approximate surface area is 140 Å². The number of anilines is 1. The molecule has 1 aromatic heterocycles. The Morgan fingerprint density at radius 3 is 2.70 bits per heavy atom. The van der Waals surface area contributed by atoms with E-state index in [1.165, 1.54) is 18.4 Å². The predicted octanol–water partition coefficient (Wildman–Crippen LogP) is 2.05. The summed E-state index contributed by atoms with van der Waals surface area (Å²) in [6.07, 6.45) is 3.16. The maximum atomic E-state index is 12.3. The second kappa shape index (κ2) is 9.94. The Hall–Kier alpha value is -1.96. The van der Waals surface area contributed by atoms with Crippen LogP contribution in [0.1, 0.15) is 39.5 Å². The van der Waals surface area contributed by atoms with Crippen LogP contribution in [0.25, 0.3) is 0 Å². The van der Waals surface area contributed by atoms with Gasteiger partial charge in [0.2, 0.25) is 11.8 Å². The summed E-state index contributed by atoms with van der Waals surface area (Å²) in [5.41, 5.74) is 0. The summed E-state index contributed by atoms with van der Waals surface area (Å²) in [5.74, 6) is -0.756. The van der Waals surface area contributed by atoms with Crippen LogP contribution in [0.2, 0.25) is 0 Å². The maximum Gasteiger partial charge on any atom is 0.305 e. The summed E-state index contributed by atoms with van der Waals surface area (Å²) < 4.78 is 4.55. The van der Waals surface area contributed by atoms with Gasteiger partial charge in [0, 0.05) is 30.5 Å². The van der Waals surface area contributed by atoms with Crippen LogP contribution in [0, 0.1) is 0 Å². The van der Waals surface area contributed by atoms with Gasteiger partial charge in [-0.15, -0.1) is 11.3 Å². The number of thiazole rings is 1. The van der Waals surface area contributed by atoms with Gasteiger partial charge in [0.25, 0.3) is 0 Å². The number of methoxy groups -OCH3 is 1. The third kappa shape index (κ3) is 6.77. The van der Waals surface area contributed by atoms with Crippen LogP contribution in [0.15, 0.2) is 11.6 Å². The molecule has 1 N–H and O–H groups in total. The largest absolute Gasteiger partial charge is 0.469 e. The fraction of sp³-hybridized carbons (Fsp3) is 0.600. The Morgan fingerprint density at radius 1 is 1.39 bits per heavy atom. The van der Waals surface area contributed by atoms with Gasteiger partial charge in [-0.2, -0.15) is 0 Å². The molecule has 0 fully saturated rings. The lowest BCUT2D eigenvalue weighted by atomic mass is 10.1. The van der Waals surface area contributed by atoms with E-state index in [-0.39, 0.29) is 43.2 Å². The summed E-state index contributed by atoms with van der Waals surface area (Å²) in [6.45, 7) is 3.83. The minimum atomic E-state index is -0.339. The molecule has 2 amide bonds. The Morgan fingerprint density at radius 2 is 2.13 bits per heavy atom. The number of nitrogens with zero attached hydrogens (tertiary/aromatic N) is 2. The molecule has 0 aliphatic carbocycles. The predicted molar refractivity (Wildman–Crippen MR) is 88.1 cm³/mol. The number of aromatic nitrogens is 1. The van der Waals surface area contributed by atoms with Crippen molar-refractivity contribution < 1.29 is 19.1 Å². The van der Waals surface area contributed by atoms with Crippen LogP contribution in [0.4, 0.5) is 5.13 Å². The fourth-order valence-corrected chi connectivity index (χ4v) is 2.48. The van der Waals surface area contributed by atoms with Gasteiger partial charge in [0.05, 0.1) is 7.11 Å². The standard InChI is InChI=1S/C15H23N3O4S/c1-4-11(2)18(13(20)6-5-7-14(21)22-3)10-12(19)17-15-16-8-9-23-15/h8-9,11H,4-7,10H2,1-3H3,(H,16,17,19). The van der Waals surface area contributed by atoms with Crippen molar-refractivity contribution in [3.05, 3.63) is 11.6 Å². The van der Waals surface area contributed by atoms with Gasteiger partial charge in [-0.25, -0.2) is 4.98 Å². The molecule has 128 valence electrons. The molecule has 0 saturated carbocycles. The zero-order valence-electron chi connectivity index (χ0n) is 13.7. The van der Waals surface area contributed by atoms with Crippen molar-refractivity contribution in [3.63, 3.8) is 0 Å². The zero-order chi connectivity index (χ0) is 17.2. The van der Waals surface area contributed by atoms with Crippen molar-refractivity contribution in [2.75, 3.05) is 19.0 Å². The third-order valence-corrected chi connectivity index (χ3v) is 4.12. The van der Waals surface area contributed by atoms with Crippen LogP contribution >= 0.6 is 11.3 Å². The van der Waals surface area contributed by atoms with Gasteiger partial charge < -0.3 is 15.0 Å². The van der Waals surface area contributed by atoms with E-state index in [1.54, 1.807) is 16.5 Å². The van der Waals surface area contributed by atoms with E-state index >= 15 is 0 Å². The van der Waals surface area contributed by atoms with Gasteiger partial charge in [-0.05, 0) is 19.8 Å². The molecular weight excluding hydrogens is 318 g/mol. The maximum absolute atomic E-state index is 12.3. The molecule has 0 aliphatic rings. The lowest BCUT2D eigenvalue weighted by Crippen LogP contribution is -2.43. The summed E-state index contributed by atoms with van der Waals surface area (Å²) in [5, 5.41) is 4.95. The summed E-state index contributed by atoms with van der Waals surface area (Å²) in [6, 6.07) is -0.0531. The first-order valence-electron chi connectivity index (χ1n) is 7.53. The Balaban J connectivity index is 2.55. The van der Waals surface area contributed by atoms with E-state index in [2.05, 4.69) is 15.0 Å². The number of hydrogen-bond acceptors (Lipinski definition) is 6. The summed E-state index contributed by atoms with van der Waals surface area (Å²) in [7, 11) is 1.32. The van der Waals surface area contributed by atoms with E-state index in [0.717, 1.165) is 6.42 Å². The lowest BCUT2D eigenvalue weighted by Gasteiger charge is -2.28. The van der Waals surface area contributed by atoms with Crippen molar-refractivity contribution in [2.45, 2.75) is 45.6 Å². The number of carbonyl (C=O) groups excluding carboxylic acids is 3. The second-order valence-corrected chi connectivity index (χ2v) is 5.99. The molecule has 0 aromatic carbocycles. The molecule has 0 spiro atoms. The first kappa shape index (κ1) is 19.1. The quantitative estimate of drug-likeness (QED) is 0.695. The molecule has 1 unspecified atom stereocenters. The molecule has 0 radical (unpaired) electrons. The molecule has 0 bridgehead atoms. The number of ether oxygens (including phenoxy) is 1. The number of rotatable bonds is 9. The summed E-state index contributed by atoms with van der Waals surface area (Å²) >= 11 is 1.32. The van der Waals surface area contributed by atoms with E-state index in [1.807, 2.05) is 13.8 Å². The minimum absolute atomic E-state index is 0.0222. The van der Waals surface area contributed by atoms with Crippen LogP contribution in [-0.2, 0) is 19.1 Å². The topological polar surface area (TPSA) is 88.6 Å². The van der Waals surface area contributed by atoms with Crippen LogP contribution in [0.3, 0.4) is 0 Å². The first-order chi connectivity index (χ1) is 11.0. The minimum Gasteiger partial charge on any atom is -0.469 e. The van der Waals surface area contributed by atoms with E-state index < -0.39 is 0 Å². The molecule has 0 saturated heterocycles. The van der Waals surface area contributed by atoms with Gasteiger partial charge in [-0.3, -0.25) is 14.4 Å². The van der Waals surface area contributed by atoms with Crippen molar-refractivity contribution in [3.8, 4) is 0 Å². The number of amides is 2. The second-order valence-electron chi connectivity index (χ2n) is 5.09. The average Bonchev–Trinajstić information content (AvgIpc) is 3.04. The molecule has 1 rings (SSSR count). The van der Waals surface area contributed by atoms with Crippen LogP contribution in [0.5, 0.6) is 0 Å². The normalized spacial score (nSPS) is 11.6. The van der Waals surface area contributed by atoms with E-state index in [4.69, 9.17) is 0 Å². The molecule has 7 nitrogen and oxygen atoms in total. The molecular formula is C15H23N3O4S. The van der Waals surface area contributed by atoms with Gasteiger partial charge >= 0.3 is 5.97 Å². The molecule has 1 aromatic rings.